The quantitative estimate of drug-likeness (QED) is 0.488. The molecule has 3 aromatic carbocycles. The molecule has 2 heterocycles. The molecule has 4 heteroatoms. The minimum atomic E-state index is 0.405. The predicted molar refractivity (Wildman–Crippen MR) is 116 cm³/mol. The molecule has 0 spiro atoms. The lowest BCUT2D eigenvalue weighted by molar-refractivity contribution is 0.141. The van der Waals surface area contributed by atoms with Crippen molar-refractivity contribution in [3.8, 4) is 11.3 Å². The highest BCUT2D eigenvalue weighted by Gasteiger charge is 2.27. The van der Waals surface area contributed by atoms with Gasteiger partial charge in [0.15, 0.2) is 0 Å². The summed E-state index contributed by atoms with van der Waals surface area (Å²) in [7, 11) is 0. The lowest BCUT2D eigenvalue weighted by Gasteiger charge is -2.24. The standard InChI is InChI=1S/C25H25N3O/c29-28-23(17-18-10-11-19-6-4-5-9-22(19)16-18)24(20-12-14-26-15-13-20)25(27-28)21-7-2-1-3-8-21/h1-11,16,20,26,29H,12-15,17H2. The van der Waals surface area contributed by atoms with Gasteiger partial charge in [-0.15, -0.1) is 9.94 Å². The Balaban J connectivity index is 1.60. The van der Waals surface area contributed by atoms with Crippen LogP contribution in [0.1, 0.15) is 35.6 Å². The number of rotatable bonds is 4. The van der Waals surface area contributed by atoms with Gasteiger partial charge in [0, 0.05) is 17.5 Å². The van der Waals surface area contributed by atoms with Crippen molar-refractivity contribution in [2.24, 2.45) is 0 Å². The van der Waals surface area contributed by atoms with Crippen LogP contribution in [0.5, 0.6) is 0 Å². The fourth-order valence-electron chi connectivity index (χ4n) is 4.51. The Kier molecular flexibility index (Phi) is 4.78. The summed E-state index contributed by atoms with van der Waals surface area (Å²) in [6, 6.07) is 25.1. The topological polar surface area (TPSA) is 50.1 Å². The highest BCUT2D eigenvalue weighted by atomic mass is 16.5. The van der Waals surface area contributed by atoms with Crippen molar-refractivity contribution in [1.29, 1.82) is 0 Å². The van der Waals surface area contributed by atoms with Gasteiger partial charge in [-0.1, -0.05) is 72.8 Å². The molecule has 29 heavy (non-hydrogen) atoms. The maximum Gasteiger partial charge on any atom is 0.0996 e. The second-order valence-corrected chi connectivity index (χ2v) is 7.85. The van der Waals surface area contributed by atoms with Crippen molar-refractivity contribution in [3.63, 3.8) is 0 Å². The first-order valence-corrected chi connectivity index (χ1v) is 10.3. The van der Waals surface area contributed by atoms with Gasteiger partial charge in [0.2, 0.25) is 0 Å². The van der Waals surface area contributed by atoms with Gasteiger partial charge in [0.05, 0.1) is 11.4 Å². The molecule has 1 aliphatic heterocycles. The van der Waals surface area contributed by atoms with Crippen molar-refractivity contribution in [3.05, 3.63) is 89.6 Å². The van der Waals surface area contributed by atoms with Crippen LogP contribution in [0, 0.1) is 0 Å². The van der Waals surface area contributed by atoms with Crippen molar-refractivity contribution in [2.75, 3.05) is 13.1 Å². The number of fused-ring (bicyclic) bond motifs is 1. The second-order valence-electron chi connectivity index (χ2n) is 7.85. The average molecular weight is 383 g/mol. The molecule has 1 aliphatic rings. The molecule has 1 fully saturated rings. The highest BCUT2D eigenvalue weighted by Crippen LogP contribution is 2.37. The molecule has 0 unspecified atom stereocenters. The Morgan fingerprint density at radius 2 is 1.62 bits per heavy atom. The first kappa shape index (κ1) is 18.0. The summed E-state index contributed by atoms with van der Waals surface area (Å²) < 4.78 is 0. The summed E-state index contributed by atoms with van der Waals surface area (Å²) in [4.78, 5) is 1.12. The molecule has 1 aromatic heterocycles. The number of nitrogens with zero attached hydrogens (tertiary/aromatic N) is 2. The summed E-state index contributed by atoms with van der Waals surface area (Å²) in [6.07, 6.45) is 2.80. The lowest BCUT2D eigenvalue weighted by atomic mass is 9.85. The number of benzene rings is 3. The summed E-state index contributed by atoms with van der Waals surface area (Å²) >= 11 is 0. The third-order valence-electron chi connectivity index (χ3n) is 5.98. The number of nitrogens with one attached hydrogen (secondary N) is 1. The van der Waals surface area contributed by atoms with Gasteiger partial charge in [-0.05, 0) is 48.2 Å². The first-order valence-electron chi connectivity index (χ1n) is 10.3. The summed E-state index contributed by atoms with van der Waals surface area (Å²) in [5.74, 6) is 0.405. The van der Waals surface area contributed by atoms with Crippen molar-refractivity contribution < 1.29 is 5.21 Å². The van der Waals surface area contributed by atoms with E-state index in [9.17, 15) is 5.21 Å². The Labute approximate surface area is 170 Å². The number of piperidine rings is 1. The SMILES string of the molecule is On1nc(-c2ccccc2)c(C2CCNCC2)c1Cc1ccc2ccccc2c1. The summed E-state index contributed by atoms with van der Waals surface area (Å²) in [6.45, 7) is 2.01. The van der Waals surface area contributed by atoms with E-state index in [4.69, 9.17) is 0 Å². The van der Waals surface area contributed by atoms with Gasteiger partial charge in [0.25, 0.3) is 0 Å². The number of hydrogen-bond acceptors (Lipinski definition) is 3. The molecule has 4 aromatic rings. The van der Waals surface area contributed by atoms with E-state index < -0.39 is 0 Å². The Morgan fingerprint density at radius 1 is 0.897 bits per heavy atom. The zero-order valence-electron chi connectivity index (χ0n) is 16.4. The van der Waals surface area contributed by atoms with E-state index in [1.165, 1.54) is 21.9 Å². The van der Waals surface area contributed by atoms with Crippen LogP contribution in [0.2, 0.25) is 0 Å². The third-order valence-corrected chi connectivity index (χ3v) is 5.98. The van der Waals surface area contributed by atoms with Crippen LogP contribution in [0.25, 0.3) is 22.0 Å². The monoisotopic (exact) mass is 383 g/mol. The molecule has 5 rings (SSSR count). The molecule has 0 bridgehead atoms. The Bertz CT molecular complexity index is 1130. The van der Waals surface area contributed by atoms with E-state index in [0.29, 0.717) is 12.3 Å². The van der Waals surface area contributed by atoms with Gasteiger partial charge < -0.3 is 10.5 Å². The summed E-state index contributed by atoms with van der Waals surface area (Å²) in [5.41, 5.74) is 5.28. The minimum Gasteiger partial charge on any atom is -0.411 e. The molecule has 0 radical (unpaired) electrons. The highest BCUT2D eigenvalue weighted by molar-refractivity contribution is 5.83. The molecule has 0 saturated carbocycles. The van der Waals surface area contributed by atoms with Crippen molar-refractivity contribution in [2.45, 2.75) is 25.2 Å². The van der Waals surface area contributed by atoms with Crippen LogP contribution >= 0.6 is 0 Å². The van der Waals surface area contributed by atoms with Crippen LogP contribution < -0.4 is 5.32 Å². The Morgan fingerprint density at radius 3 is 2.41 bits per heavy atom. The van der Waals surface area contributed by atoms with E-state index in [-0.39, 0.29) is 0 Å². The maximum atomic E-state index is 10.8. The van der Waals surface area contributed by atoms with E-state index in [1.54, 1.807) is 0 Å². The fourth-order valence-corrected chi connectivity index (χ4v) is 4.51. The normalized spacial score (nSPS) is 15.0. The van der Waals surface area contributed by atoms with E-state index >= 15 is 0 Å². The van der Waals surface area contributed by atoms with Gasteiger partial charge in [-0.3, -0.25) is 0 Å². The largest absolute Gasteiger partial charge is 0.411 e. The molecular formula is C25H25N3O. The summed E-state index contributed by atoms with van der Waals surface area (Å²) in [5, 5.41) is 21.2. The van der Waals surface area contributed by atoms with Crippen molar-refractivity contribution >= 4 is 10.8 Å². The van der Waals surface area contributed by atoms with Crippen LogP contribution in [0.3, 0.4) is 0 Å². The minimum absolute atomic E-state index is 0.405. The Hall–Kier alpha value is -3.11. The zero-order valence-corrected chi connectivity index (χ0v) is 16.4. The van der Waals surface area contributed by atoms with E-state index in [2.05, 4.69) is 65.0 Å². The predicted octanol–water partition coefficient (Wildman–Crippen LogP) is 5.00. The maximum absolute atomic E-state index is 10.8. The molecule has 0 atom stereocenters. The number of aromatic nitrogens is 2. The van der Waals surface area contributed by atoms with Crippen LogP contribution in [-0.2, 0) is 6.42 Å². The third kappa shape index (κ3) is 3.52. The molecule has 2 N–H and O–H groups in total. The van der Waals surface area contributed by atoms with Crippen molar-refractivity contribution in [1.82, 2.24) is 15.3 Å². The van der Waals surface area contributed by atoms with Crippen LogP contribution in [-0.4, -0.2) is 28.2 Å². The van der Waals surface area contributed by atoms with Gasteiger partial charge >= 0.3 is 0 Å². The van der Waals surface area contributed by atoms with E-state index in [0.717, 1.165) is 47.7 Å². The van der Waals surface area contributed by atoms with E-state index in [1.807, 2.05) is 18.2 Å². The first-order chi connectivity index (χ1) is 14.3. The van der Waals surface area contributed by atoms with Gasteiger partial charge in [0.1, 0.15) is 0 Å². The fraction of sp³-hybridized carbons (Fsp3) is 0.240. The molecule has 0 amide bonds. The zero-order chi connectivity index (χ0) is 19.6. The molecule has 1 saturated heterocycles. The number of hydrogen-bond donors (Lipinski definition) is 2. The molecule has 0 aliphatic carbocycles. The second kappa shape index (κ2) is 7.72. The molecule has 146 valence electrons. The van der Waals surface area contributed by atoms with Gasteiger partial charge in [-0.2, -0.15) is 0 Å². The molecule has 4 nitrogen and oxygen atoms in total. The van der Waals surface area contributed by atoms with Crippen LogP contribution in [0.15, 0.2) is 72.8 Å². The van der Waals surface area contributed by atoms with Gasteiger partial charge in [-0.25, -0.2) is 0 Å². The smallest absolute Gasteiger partial charge is 0.0996 e. The van der Waals surface area contributed by atoms with Crippen LogP contribution in [0.4, 0.5) is 0 Å². The lowest BCUT2D eigenvalue weighted by Crippen LogP contribution is -2.27. The molecular weight excluding hydrogens is 358 g/mol. The average Bonchev–Trinajstić information content (AvgIpc) is 3.11.